The van der Waals surface area contributed by atoms with E-state index in [4.69, 9.17) is 11.6 Å². The molecule has 6 heteroatoms. The molecule has 0 spiro atoms. The summed E-state index contributed by atoms with van der Waals surface area (Å²) in [6, 6.07) is 2.78. The normalized spacial score (nSPS) is 10.2. The predicted molar refractivity (Wildman–Crippen MR) is 43.9 cm³/mol. The van der Waals surface area contributed by atoms with Crippen molar-refractivity contribution in [1.29, 1.82) is 0 Å². The Morgan fingerprint density at radius 1 is 1.54 bits per heavy atom. The van der Waals surface area contributed by atoms with Gasteiger partial charge in [-0.05, 0) is 12.1 Å². The Labute approximate surface area is 77.7 Å². The molecule has 1 aromatic heterocycles. The topological polar surface area (TPSA) is 42.0 Å². The van der Waals surface area contributed by atoms with Crippen molar-refractivity contribution in [3.05, 3.63) is 23.5 Å². The van der Waals surface area contributed by atoms with Crippen molar-refractivity contribution in [2.45, 2.75) is 6.43 Å². The first-order valence-corrected chi connectivity index (χ1v) is 3.68. The Hall–Kier alpha value is -1.23. The van der Waals surface area contributed by atoms with Crippen molar-refractivity contribution in [3.63, 3.8) is 0 Å². The molecule has 1 heterocycles. The van der Waals surface area contributed by atoms with E-state index in [9.17, 15) is 13.6 Å². The van der Waals surface area contributed by atoms with Gasteiger partial charge in [-0.2, -0.15) is 8.78 Å². The summed E-state index contributed by atoms with van der Waals surface area (Å²) in [5.74, 6) is -1.36. The van der Waals surface area contributed by atoms with Crippen molar-refractivity contribution >= 4 is 23.2 Å². The second-order valence-corrected chi connectivity index (χ2v) is 2.55. The molecule has 0 fully saturated rings. The standard InChI is InChI=1S/C7H5ClF2N2O/c8-5-2-1-4(3-11-5)12-7(13)6(9)10/h1-3,6H,(H,12,13). The number of aromatic nitrogens is 1. The van der Waals surface area contributed by atoms with Crippen LogP contribution in [0.4, 0.5) is 14.5 Å². The molecule has 0 saturated carbocycles. The highest BCUT2D eigenvalue weighted by atomic mass is 35.5. The van der Waals surface area contributed by atoms with Gasteiger partial charge in [-0.1, -0.05) is 11.6 Å². The number of pyridine rings is 1. The van der Waals surface area contributed by atoms with Gasteiger partial charge in [-0.15, -0.1) is 0 Å². The third kappa shape index (κ3) is 2.95. The highest BCUT2D eigenvalue weighted by molar-refractivity contribution is 6.29. The summed E-state index contributed by atoms with van der Waals surface area (Å²) in [7, 11) is 0. The minimum atomic E-state index is -3.03. The number of nitrogens with one attached hydrogen (secondary N) is 1. The molecule has 0 aliphatic heterocycles. The number of amides is 1. The lowest BCUT2D eigenvalue weighted by Gasteiger charge is -2.02. The van der Waals surface area contributed by atoms with Gasteiger partial charge in [0.25, 0.3) is 5.91 Å². The van der Waals surface area contributed by atoms with E-state index in [1.807, 2.05) is 5.32 Å². The van der Waals surface area contributed by atoms with Gasteiger partial charge in [0.2, 0.25) is 0 Å². The molecule has 1 amide bonds. The Morgan fingerprint density at radius 2 is 2.23 bits per heavy atom. The van der Waals surface area contributed by atoms with Gasteiger partial charge in [0.05, 0.1) is 11.9 Å². The van der Waals surface area contributed by atoms with Gasteiger partial charge >= 0.3 is 6.43 Å². The van der Waals surface area contributed by atoms with Crippen LogP contribution in [0, 0.1) is 0 Å². The first kappa shape index (κ1) is 9.85. The molecule has 0 aromatic carbocycles. The van der Waals surface area contributed by atoms with Crippen molar-refractivity contribution < 1.29 is 13.6 Å². The van der Waals surface area contributed by atoms with E-state index in [1.165, 1.54) is 18.3 Å². The van der Waals surface area contributed by atoms with Crippen LogP contribution in [-0.4, -0.2) is 17.3 Å². The van der Waals surface area contributed by atoms with Gasteiger partial charge in [0.15, 0.2) is 0 Å². The Morgan fingerprint density at radius 3 is 2.69 bits per heavy atom. The van der Waals surface area contributed by atoms with E-state index in [0.717, 1.165) is 0 Å². The number of carbonyl (C=O) groups excluding carboxylic acids is 1. The lowest BCUT2D eigenvalue weighted by Crippen LogP contribution is -2.20. The average molecular weight is 207 g/mol. The van der Waals surface area contributed by atoms with Crippen LogP contribution in [-0.2, 0) is 4.79 Å². The van der Waals surface area contributed by atoms with E-state index in [1.54, 1.807) is 0 Å². The van der Waals surface area contributed by atoms with Gasteiger partial charge in [-0.3, -0.25) is 4.79 Å². The molecule has 0 radical (unpaired) electrons. The fraction of sp³-hybridized carbons (Fsp3) is 0.143. The smallest absolute Gasteiger partial charge is 0.315 e. The summed E-state index contributed by atoms with van der Waals surface area (Å²) in [6.07, 6.45) is -1.83. The Bertz CT molecular complexity index is 302. The number of anilines is 1. The molecule has 0 aliphatic carbocycles. The molecule has 1 N–H and O–H groups in total. The molecular weight excluding hydrogens is 202 g/mol. The zero-order chi connectivity index (χ0) is 9.84. The van der Waals surface area contributed by atoms with E-state index in [2.05, 4.69) is 4.98 Å². The molecule has 0 atom stereocenters. The van der Waals surface area contributed by atoms with Crippen LogP contribution in [0.3, 0.4) is 0 Å². The van der Waals surface area contributed by atoms with E-state index in [0.29, 0.717) is 0 Å². The van der Waals surface area contributed by atoms with Gasteiger partial charge in [-0.25, -0.2) is 4.98 Å². The predicted octanol–water partition coefficient (Wildman–Crippen LogP) is 1.94. The molecule has 0 bridgehead atoms. The first-order chi connectivity index (χ1) is 6.09. The highest BCUT2D eigenvalue weighted by Gasteiger charge is 2.14. The minimum absolute atomic E-state index is 0.190. The van der Waals surface area contributed by atoms with E-state index in [-0.39, 0.29) is 10.8 Å². The molecule has 70 valence electrons. The van der Waals surface area contributed by atoms with Crippen molar-refractivity contribution in [2.24, 2.45) is 0 Å². The number of rotatable bonds is 2. The van der Waals surface area contributed by atoms with E-state index < -0.39 is 12.3 Å². The largest absolute Gasteiger partial charge is 0.320 e. The number of alkyl halides is 2. The molecule has 1 aromatic rings. The maximum absolute atomic E-state index is 11.7. The van der Waals surface area contributed by atoms with Gasteiger partial charge in [0, 0.05) is 0 Å². The second-order valence-electron chi connectivity index (χ2n) is 2.16. The second kappa shape index (κ2) is 4.13. The fourth-order valence-electron chi connectivity index (χ4n) is 0.647. The maximum atomic E-state index is 11.7. The van der Waals surface area contributed by atoms with Crippen molar-refractivity contribution in [1.82, 2.24) is 4.98 Å². The lowest BCUT2D eigenvalue weighted by atomic mass is 10.4. The third-order valence-electron chi connectivity index (χ3n) is 1.19. The highest BCUT2D eigenvalue weighted by Crippen LogP contribution is 2.10. The number of hydrogen-bond donors (Lipinski definition) is 1. The first-order valence-electron chi connectivity index (χ1n) is 3.30. The molecule has 0 saturated heterocycles. The van der Waals surface area contributed by atoms with Crippen LogP contribution in [0.2, 0.25) is 5.15 Å². The van der Waals surface area contributed by atoms with Gasteiger partial charge in [0.1, 0.15) is 5.15 Å². The van der Waals surface area contributed by atoms with Crippen LogP contribution in [0.25, 0.3) is 0 Å². The summed E-state index contributed by atoms with van der Waals surface area (Å²) < 4.78 is 23.5. The van der Waals surface area contributed by atoms with Crippen LogP contribution in [0.5, 0.6) is 0 Å². The molecular formula is C7H5ClF2N2O. The molecule has 3 nitrogen and oxygen atoms in total. The average Bonchev–Trinajstić information content (AvgIpc) is 2.08. The molecule has 1 rings (SSSR count). The summed E-state index contributed by atoms with van der Waals surface area (Å²) in [5, 5.41) is 2.19. The number of carbonyl (C=O) groups is 1. The molecule has 0 aliphatic rings. The van der Waals surface area contributed by atoms with Crippen LogP contribution < -0.4 is 5.32 Å². The minimum Gasteiger partial charge on any atom is -0.320 e. The number of hydrogen-bond acceptors (Lipinski definition) is 2. The van der Waals surface area contributed by atoms with Crippen LogP contribution in [0.15, 0.2) is 18.3 Å². The maximum Gasteiger partial charge on any atom is 0.315 e. The van der Waals surface area contributed by atoms with Crippen molar-refractivity contribution in [2.75, 3.05) is 5.32 Å². The number of halogens is 3. The van der Waals surface area contributed by atoms with Crippen LogP contribution in [0.1, 0.15) is 0 Å². The molecule has 13 heavy (non-hydrogen) atoms. The van der Waals surface area contributed by atoms with Gasteiger partial charge < -0.3 is 5.32 Å². The lowest BCUT2D eigenvalue weighted by molar-refractivity contribution is -0.126. The molecule has 0 unspecified atom stereocenters. The Kier molecular flexibility index (Phi) is 3.13. The summed E-state index contributed by atoms with van der Waals surface area (Å²) in [6.45, 7) is 0. The summed E-state index contributed by atoms with van der Waals surface area (Å²) >= 11 is 5.44. The monoisotopic (exact) mass is 206 g/mol. The van der Waals surface area contributed by atoms with Crippen molar-refractivity contribution in [3.8, 4) is 0 Å². The summed E-state index contributed by atoms with van der Waals surface area (Å²) in [4.78, 5) is 14.1. The Balaban J connectivity index is 2.65. The number of nitrogens with zero attached hydrogens (tertiary/aromatic N) is 1. The quantitative estimate of drug-likeness (QED) is 0.752. The van der Waals surface area contributed by atoms with E-state index >= 15 is 0 Å². The third-order valence-corrected chi connectivity index (χ3v) is 1.42. The SMILES string of the molecule is O=C(Nc1ccc(Cl)nc1)C(F)F. The zero-order valence-electron chi connectivity index (χ0n) is 6.30. The zero-order valence-corrected chi connectivity index (χ0v) is 7.05. The van der Waals surface area contributed by atoms with Crippen LogP contribution >= 0.6 is 11.6 Å². The summed E-state index contributed by atoms with van der Waals surface area (Å²) in [5.41, 5.74) is 0.190. The fourth-order valence-corrected chi connectivity index (χ4v) is 0.758.